The maximum atomic E-state index is 12.3. The molecule has 1 aliphatic rings. The molecule has 0 fully saturated rings. The van der Waals surface area contributed by atoms with Crippen LogP contribution in [0.3, 0.4) is 0 Å². The van der Waals surface area contributed by atoms with Gasteiger partial charge in [-0.2, -0.15) is 0 Å². The Morgan fingerprint density at radius 2 is 2.15 bits per heavy atom. The molecule has 0 unspecified atom stereocenters. The highest BCUT2D eigenvalue weighted by atomic mass is 16.7. The van der Waals surface area contributed by atoms with Crippen LogP contribution in [0.25, 0.3) is 0 Å². The number of rotatable bonds is 6. The van der Waals surface area contributed by atoms with Crippen LogP contribution in [0, 0.1) is 0 Å². The molecule has 1 heterocycles. The molecule has 0 aliphatic carbocycles. The van der Waals surface area contributed by atoms with Crippen LogP contribution in [-0.4, -0.2) is 41.9 Å². The van der Waals surface area contributed by atoms with Crippen LogP contribution in [0.2, 0.25) is 0 Å². The SMILES string of the molecule is CCN(C(=O)Cc1ccc2c(c1)OCO2)[C@@H](C)CCO. The summed E-state index contributed by atoms with van der Waals surface area (Å²) in [5.41, 5.74) is 0.911. The van der Waals surface area contributed by atoms with Gasteiger partial charge in [0.05, 0.1) is 6.42 Å². The molecule has 0 aromatic heterocycles. The number of benzene rings is 1. The smallest absolute Gasteiger partial charge is 0.231 e. The van der Waals surface area contributed by atoms with Crippen molar-refractivity contribution < 1.29 is 19.4 Å². The molecule has 1 N–H and O–H groups in total. The Balaban J connectivity index is 2.02. The molecule has 1 aromatic carbocycles. The molecule has 5 nitrogen and oxygen atoms in total. The van der Waals surface area contributed by atoms with Crippen LogP contribution in [0.5, 0.6) is 11.5 Å². The molecule has 5 heteroatoms. The number of aliphatic hydroxyl groups is 1. The molecule has 0 saturated carbocycles. The minimum atomic E-state index is 0.0477. The van der Waals surface area contributed by atoms with Gasteiger partial charge in [-0.25, -0.2) is 0 Å². The predicted molar refractivity (Wildman–Crippen MR) is 74.8 cm³/mol. The first kappa shape index (κ1) is 14.7. The van der Waals surface area contributed by atoms with Gasteiger partial charge in [0.25, 0.3) is 0 Å². The lowest BCUT2D eigenvalue weighted by Gasteiger charge is -2.27. The molecule has 1 amide bonds. The van der Waals surface area contributed by atoms with Crippen LogP contribution in [0.15, 0.2) is 18.2 Å². The van der Waals surface area contributed by atoms with Gasteiger partial charge in [0, 0.05) is 19.2 Å². The highest BCUT2D eigenvalue weighted by Gasteiger charge is 2.20. The van der Waals surface area contributed by atoms with Gasteiger partial charge in [-0.05, 0) is 38.0 Å². The number of aliphatic hydroxyl groups excluding tert-OH is 1. The summed E-state index contributed by atoms with van der Waals surface area (Å²) in [5.74, 6) is 1.48. The summed E-state index contributed by atoms with van der Waals surface area (Å²) >= 11 is 0. The standard InChI is InChI=1S/C15H21NO4/c1-3-16(11(2)6-7-17)15(18)9-12-4-5-13-14(8-12)20-10-19-13/h4-5,8,11,17H,3,6-7,9-10H2,1-2H3/t11-/m0/s1. The van der Waals surface area contributed by atoms with E-state index in [4.69, 9.17) is 14.6 Å². The second-order valence-corrected chi connectivity index (χ2v) is 4.91. The van der Waals surface area contributed by atoms with Crippen molar-refractivity contribution in [3.8, 4) is 11.5 Å². The Morgan fingerprint density at radius 3 is 2.85 bits per heavy atom. The zero-order valence-corrected chi connectivity index (χ0v) is 12.0. The van der Waals surface area contributed by atoms with Crippen LogP contribution < -0.4 is 9.47 Å². The van der Waals surface area contributed by atoms with Gasteiger partial charge in [-0.3, -0.25) is 4.79 Å². The Bertz CT molecular complexity index is 475. The fraction of sp³-hybridized carbons (Fsp3) is 0.533. The zero-order valence-electron chi connectivity index (χ0n) is 12.0. The first-order valence-electron chi connectivity index (χ1n) is 6.94. The maximum absolute atomic E-state index is 12.3. The van der Waals surface area contributed by atoms with Gasteiger partial charge in [-0.15, -0.1) is 0 Å². The lowest BCUT2D eigenvalue weighted by atomic mass is 10.1. The van der Waals surface area contributed by atoms with Crippen molar-refractivity contribution in [3.63, 3.8) is 0 Å². The number of likely N-dealkylation sites (N-methyl/N-ethyl adjacent to an activating group) is 1. The molecular formula is C15H21NO4. The first-order chi connectivity index (χ1) is 9.65. The summed E-state index contributed by atoms with van der Waals surface area (Å²) < 4.78 is 10.6. The van der Waals surface area contributed by atoms with Crippen LogP contribution in [-0.2, 0) is 11.2 Å². The van der Waals surface area contributed by atoms with Crippen molar-refractivity contribution in [1.29, 1.82) is 0 Å². The first-order valence-corrected chi connectivity index (χ1v) is 6.94. The zero-order chi connectivity index (χ0) is 14.5. The summed E-state index contributed by atoms with van der Waals surface area (Å²) in [6.07, 6.45) is 0.932. The number of ether oxygens (including phenoxy) is 2. The van der Waals surface area contributed by atoms with E-state index >= 15 is 0 Å². The van der Waals surface area contributed by atoms with Crippen molar-refractivity contribution in [2.24, 2.45) is 0 Å². The van der Waals surface area contributed by atoms with E-state index in [-0.39, 0.29) is 25.3 Å². The van der Waals surface area contributed by atoms with Gasteiger partial charge in [0.2, 0.25) is 12.7 Å². The molecule has 1 aromatic rings. The largest absolute Gasteiger partial charge is 0.454 e. The lowest BCUT2D eigenvalue weighted by Crippen LogP contribution is -2.39. The quantitative estimate of drug-likeness (QED) is 0.859. The van der Waals surface area contributed by atoms with Crippen molar-refractivity contribution in [3.05, 3.63) is 23.8 Å². The number of hydrogen-bond acceptors (Lipinski definition) is 4. The highest BCUT2D eigenvalue weighted by molar-refractivity contribution is 5.79. The predicted octanol–water partition coefficient (Wildman–Crippen LogP) is 1.58. The number of carbonyl (C=O) groups excluding carboxylic acids is 1. The van der Waals surface area contributed by atoms with Crippen molar-refractivity contribution >= 4 is 5.91 Å². The van der Waals surface area contributed by atoms with Crippen molar-refractivity contribution in [2.75, 3.05) is 19.9 Å². The molecular weight excluding hydrogens is 258 g/mol. The lowest BCUT2D eigenvalue weighted by molar-refractivity contribution is -0.132. The molecule has 0 radical (unpaired) electrons. The van der Waals surface area contributed by atoms with Gasteiger partial charge in [0.15, 0.2) is 11.5 Å². The van der Waals surface area contributed by atoms with E-state index in [9.17, 15) is 4.79 Å². The number of amides is 1. The highest BCUT2D eigenvalue weighted by Crippen LogP contribution is 2.32. The van der Waals surface area contributed by atoms with Gasteiger partial charge in [0.1, 0.15) is 0 Å². The summed E-state index contributed by atoms with van der Waals surface area (Å²) in [6, 6.07) is 5.62. The number of nitrogens with zero attached hydrogens (tertiary/aromatic N) is 1. The summed E-state index contributed by atoms with van der Waals surface area (Å²) in [6.45, 7) is 4.88. The molecule has 1 aliphatic heterocycles. The van der Waals surface area contributed by atoms with Crippen LogP contribution >= 0.6 is 0 Å². The molecule has 0 spiro atoms. The molecule has 0 saturated heterocycles. The number of hydrogen-bond donors (Lipinski definition) is 1. The molecule has 110 valence electrons. The summed E-state index contributed by atoms with van der Waals surface area (Å²) in [7, 11) is 0. The van der Waals surface area contributed by atoms with E-state index in [2.05, 4.69) is 0 Å². The van der Waals surface area contributed by atoms with E-state index in [0.717, 1.165) is 11.3 Å². The van der Waals surface area contributed by atoms with Crippen LogP contribution in [0.4, 0.5) is 0 Å². The second kappa shape index (κ2) is 6.61. The van der Waals surface area contributed by atoms with E-state index < -0.39 is 0 Å². The minimum absolute atomic E-state index is 0.0477. The number of fused-ring (bicyclic) bond motifs is 1. The van der Waals surface area contributed by atoms with Crippen molar-refractivity contribution in [1.82, 2.24) is 4.90 Å². The van der Waals surface area contributed by atoms with E-state index in [1.165, 1.54) is 0 Å². The number of carbonyl (C=O) groups is 1. The molecule has 1 atom stereocenters. The van der Waals surface area contributed by atoms with Gasteiger partial charge < -0.3 is 19.5 Å². The Labute approximate surface area is 119 Å². The Kier molecular flexibility index (Phi) is 4.84. The maximum Gasteiger partial charge on any atom is 0.231 e. The average molecular weight is 279 g/mol. The van der Waals surface area contributed by atoms with Gasteiger partial charge >= 0.3 is 0 Å². The molecule has 2 rings (SSSR count). The fourth-order valence-corrected chi connectivity index (χ4v) is 2.40. The van der Waals surface area contributed by atoms with Crippen molar-refractivity contribution in [2.45, 2.75) is 32.7 Å². The molecule has 20 heavy (non-hydrogen) atoms. The fourth-order valence-electron chi connectivity index (χ4n) is 2.40. The Morgan fingerprint density at radius 1 is 1.40 bits per heavy atom. The minimum Gasteiger partial charge on any atom is -0.454 e. The van der Waals surface area contributed by atoms with E-state index in [0.29, 0.717) is 25.1 Å². The van der Waals surface area contributed by atoms with E-state index in [1.807, 2.05) is 32.0 Å². The monoisotopic (exact) mass is 279 g/mol. The molecule has 0 bridgehead atoms. The summed E-state index contributed by atoms with van der Waals surface area (Å²) in [4.78, 5) is 14.1. The Hall–Kier alpha value is -1.75. The third kappa shape index (κ3) is 3.22. The average Bonchev–Trinajstić information content (AvgIpc) is 2.87. The summed E-state index contributed by atoms with van der Waals surface area (Å²) in [5, 5.41) is 8.99. The van der Waals surface area contributed by atoms with Gasteiger partial charge in [-0.1, -0.05) is 6.07 Å². The third-order valence-corrected chi connectivity index (χ3v) is 3.53. The van der Waals surface area contributed by atoms with E-state index in [1.54, 1.807) is 4.90 Å². The van der Waals surface area contributed by atoms with Crippen LogP contribution in [0.1, 0.15) is 25.8 Å². The topological polar surface area (TPSA) is 59.0 Å². The second-order valence-electron chi connectivity index (χ2n) is 4.91. The normalized spacial score (nSPS) is 14.2. The third-order valence-electron chi connectivity index (χ3n) is 3.53.